The lowest BCUT2D eigenvalue weighted by Gasteiger charge is -2.27. The van der Waals surface area contributed by atoms with E-state index >= 15 is 0 Å². The highest BCUT2D eigenvalue weighted by Crippen LogP contribution is 2.33. The third-order valence-electron chi connectivity index (χ3n) is 5.67. The number of thiazole rings is 1. The molecule has 1 aromatic heterocycles. The van der Waals surface area contributed by atoms with Crippen molar-refractivity contribution < 1.29 is 17.9 Å². The molecule has 0 atom stereocenters. The molecule has 0 radical (unpaired) electrons. The second-order valence-corrected chi connectivity index (χ2v) is 11.7. The van der Waals surface area contributed by atoms with Gasteiger partial charge in [-0.2, -0.15) is 0 Å². The van der Waals surface area contributed by atoms with E-state index in [-0.39, 0.29) is 23.2 Å². The van der Waals surface area contributed by atoms with E-state index in [1.165, 1.54) is 37.6 Å². The zero-order chi connectivity index (χ0) is 24.3. The first-order chi connectivity index (χ1) is 16.3. The number of ether oxygens (including phenoxy) is 1. The number of benzene rings is 2. The van der Waals surface area contributed by atoms with Gasteiger partial charge in [0.05, 0.1) is 27.8 Å². The van der Waals surface area contributed by atoms with Crippen LogP contribution in [0.5, 0.6) is 0 Å². The smallest absolute Gasteiger partial charge is 0.260 e. The highest BCUT2D eigenvalue weighted by Gasteiger charge is 2.24. The van der Waals surface area contributed by atoms with Crippen LogP contribution in [-0.4, -0.2) is 82.0 Å². The highest BCUT2D eigenvalue weighted by molar-refractivity contribution is 7.89. The number of aromatic nitrogens is 1. The van der Waals surface area contributed by atoms with E-state index in [9.17, 15) is 13.2 Å². The monoisotopic (exact) mass is 558 g/mol. The molecule has 0 spiro atoms. The number of nitrogens with zero attached hydrogens (tertiary/aromatic N) is 4. The summed E-state index contributed by atoms with van der Waals surface area (Å²) < 4.78 is 32.2. The van der Waals surface area contributed by atoms with Gasteiger partial charge >= 0.3 is 0 Å². The number of rotatable bonds is 8. The van der Waals surface area contributed by atoms with Crippen molar-refractivity contribution in [3.8, 4) is 0 Å². The van der Waals surface area contributed by atoms with Gasteiger partial charge in [0, 0.05) is 45.8 Å². The van der Waals surface area contributed by atoms with Crippen molar-refractivity contribution in [3.63, 3.8) is 0 Å². The third-order valence-corrected chi connectivity index (χ3v) is 8.85. The Morgan fingerprint density at radius 1 is 1.14 bits per heavy atom. The first kappa shape index (κ1) is 27.8. The molecule has 2 heterocycles. The van der Waals surface area contributed by atoms with Crippen LogP contribution in [0.4, 0.5) is 5.13 Å². The fraction of sp³-hybridized carbons (Fsp3) is 0.391. The lowest BCUT2D eigenvalue weighted by atomic mass is 10.2. The summed E-state index contributed by atoms with van der Waals surface area (Å²) >= 11 is 7.74. The molecule has 2 aromatic carbocycles. The molecule has 1 aliphatic heterocycles. The predicted octanol–water partition coefficient (Wildman–Crippen LogP) is 3.99. The van der Waals surface area contributed by atoms with Crippen molar-refractivity contribution in [1.29, 1.82) is 0 Å². The molecule has 1 amide bonds. The Kier molecular flexibility index (Phi) is 9.50. The van der Waals surface area contributed by atoms with Gasteiger partial charge in [-0.25, -0.2) is 17.7 Å². The van der Waals surface area contributed by atoms with E-state index in [0.29, 0.717) is 27.8 Å². The number of para-hydroxylation sites is 1. The number of halogens is 2. The van der Waals surface area contributed by atoms with Gasteiger partial charge in [-0.1, -0.05) is 29.0 Å². The fourth-order valence-electron chi connectivity index (χ4n) is 3.72. The largest absolute Gasteiger partial charge is 0.379 e. The molecule has 1 aliphatic rings. The number of hydrogen-bond donors (Lipinski definition) is 0. The first-order valence-electron chi connectivity index (χ1n) is 11.0. The maximum atomic E-state index is 13.6. The van der Waals surface area contributed by atoms with Gasteiger partial charge in [-0.15, -0.1) is 12.4 Å². The first-order valence-corrected chi connectivity index (χ1v) is 13.6. The van der Waals surface area contributed by atoms with Crippen molar-refractivity contribution in [2.45, 2.75) is 11.3 Å². The number of morpholine rings is 1. The normalized spacial score (nSPS) is 14.7. The molecule has 1 saturated heterocycles. The number of carbonyl (C=O) groups is 1. The van der Waals surface area contributed by atoms with Crippen LogP contribution in [0.25, 0.3) is 10.2 Å². The molecule has 8 nitrogen and oxygen atoms in total. The molecular formula is C23H28Cl2N4O4S2. The number of fused-ring (bicyclic) bond motifs is 1. The Morgan fingerprint density at radius 2 is 1.83 bits per heavy atom. The summed E-state index contributed by atoms with van der Waals surface area (Å²) in [5.74, 6) is -0.231. The van der Waals surface area contributed by atoms with Gasteiger partial charge in [-0.05, 0) is 42.8 Å². The SMILES string of the molecule is CN(C)S(=O)(=O)c1ccc(C(=O)N(CCCN2CCOCC2)c2nc3c(Cl)cccc3s2)cc1.Cl. The molecule has 12 heteroatoms. The number of anilines is 1. The van der Waals surface area contributed by atoms with E-state index in [1.54, 1.807) is 23.1 Å². The highest BCUT2D eigenvalue weighted by atomic mass is 35.5. The zero-order valence-corrected chi connectivity index (χ0v) is 22.7. The molecule has 0 unspecified atom stereocenters. The number of sulfonamides is 1. The zero-order valence-electron chi connectivity index (χ0n) is 19.5. The van der Waals surface area contributed by atoms with Gasteiger partial charge in [0.1, 0.15) is 5.52 Å². The molecule has 3 aromatic rings. The summed E-state index contributed by atoms with van der Waals surface area (Å²) in [4.78, 5) is 22.3. The van der Waals surface area contributed by atoms with Crippen LogP contribution in [0.1, 0.15) is 16.8 Å². The average molecular weight is 560 g/mol. The summed E-state index contributed by atoms with van der Waals surface area (Å²) in [5.41, 5.74) is 1.07. The van der Waals surface area contributed by atoms with E-state index in [4.69, 9.17) is 16.3 Å². The molecular weight excluding hydrogens is 531 g/mol. The second-order valence-electron chi connectivity index (χ2n) is 8.16. The van der Waals surface area contributed by atoms with Crippen molar-refractivity contribution >= 4 is 66.6 Å². The van der Waals surface area contributed by atoms with Crippen LogP contribution in [0.3, 0.4) is 0 Å². The molecule has 0 N–H and O–H groups in total. The van der Waals surface area contributed by atoms with Crippen molar-refractivity contribution in [1.82, 2.24) is 14.2 Å². The average Bonchev–Trinajstić information content (AvgIpc) is 3.27. The molecule has 190 valence electrons. The van der Waals surface area contributed by atoms with Gasteiger partial charge < -0.3 is 4.74 Å². The summed E-state index contributed by atoms with van der Waals surface area (Å²) in [7, 11) is -0.623. The van der Waals surface area contributed by atoms with Crippen LogP contribution in [0.2, 0.25) is 5.02 Å². The second kappa shape index (κ2) is 12.0. The number of carbonyl (C=O) groups excluding carboxylic acids is 1. The van der Waals surface area contributed by atoms with Crippen LogP contribution < -0.4 is 4.90 Å². The van der Waals surface area contributed by atoms with Gasteiger partial charge in [0.15, 0.2) is 5.13 Å². The summed E-state index contributed by atoms with van der Waals surface area (Å²) in [6.07, 6.45) is 0.766. The van der Waals surface area contributed by atoms with E-state index in [0.717, 1.165) is 48.3 Å². The summed E-state index contributed by atoms with van der Waals surface area (Å²) in [5, 5.41) is 1.11. The molecule has 0 bridgehead atoms. The Labute approximate surface area is 220 Å². The lowest BCUT2D eigenvalue weighted by Crippen LogP contribution is -2.39. The Morgan fingerprint density at radius 3 is 2.46 bits per heavy atom. The van der Waals surface area contributed by atoms with E-state index in [2.05, 4.69) is 9.88 Å². The fourth-order valence-corrected chi connectivity index (χ4v) is 5.91. The van der Waals surface area contributed by atoms with Crippen LogP contribution >= 0.6 is 35.3 Å². The maximum absolute atomic E-state index is 13.6. The molecule has 1 fully saturated rings. The minimum atomic E-state index is -3.57. The van der Waals surface area contributed by atoms with Crippen molar-refractivity contribution in [3.05, 3.63) is 53.1 Å². The standard InChI is InChI=1S/C23H27ClN4O4S2.ClH/c1-26(2)34(30,31)18-9-7-17(8-10-18)22(29)28(12-4-11-27-13-15-32-16-14-27)23-25-21-19(24)5-3-6-20(21)33-23;/h3,5-10H,4,11-16H2,1-2H3;1H. The van der Waals surface area contributed by atoms with Crippen LogP contribution in [0, 0.1) is 0 Å². The Balaban J connectivity index is 0.00000342. The van der Waals surface area contributed by atoms with Crippen LogP contribution in [-0.2, 0) is 14.8 Å². The predicted molar refractivity (Wildman–Crippen MR) is 143 cm³/mol. The molecule has 0 aliphatic carbocycles. The third kappa shape index (κ3) is 6.32. The van der Waals surface area contributed by atoms with Crippen molar-refractivity contribution in [2.75, 3.05) is 58.4 Å². The summed E-state index contributed by atoms with van der Waals surface area (Å²) in [6.45, 7) is 4.53. The van der Waals surface area contributed by atoms with E-state index in [1.807, 2.05) is 12.1 Å². The summed E-state index contributed by atoms with van der Waals surface area (Å²) in [6, 6.07) is 11.6. The minimum Gasteiger partial charge on any atom is -0.379 e. The molecule has 4 rings (SSSR count). The van der Waals surface area contributed by atoms with Crippen LogP contribution in [0.15, 0.2) is 47.4 Å². The number of amides is 1. The maximum Gasteiger partial charge on any atom is 0.260 e. The van der Waals surface area contributed by atoms with Gasteiger partial charge in [-0.3, -0.25) is 14.6 Å². The van der Waals surface area contributed by atoms with Gasteiger partial charge in [0.2, 0.25) is 10.0 Å². The Bertz CT molecular complexity index is 1260. The lowest BCUT2D eigenvalue weighted by molar-refractivity contribution is 0.0376. The quantitative estimate of drug-likeness (QED) is 0.415. The minimum absolute atomic E-state index is 0. The molecule has 0 saturated carbocycles. The van der Waals surface area contributed by atoms with Gasteiger partial charge in [0.25, 0.3) is 5.91 Å². The molecule has 35 heavy (non-hydrogen) atoms. The van der Waals surface area contributed by atoms with E-state index < -0.39 is 10.0 Å². The topological polar surface area (TPSA) is 83.1 Å². The number of hydrogen-bond acceptors (Lipinski definition) is 7. The van der Waals surface area contributed by atoms with Crippen molar-refractivity contribution in [2.24, 2.45) is 0 Å². The Hall–Kier alpha value is -1.79.